The molecule has 0 bridgehead atoms. The highest BCUT2D eigenvalue weighted by atomic mass is 19.2. The highest BCUT2D eigenvalue weighted by Crippen LogP contribution is 2.02. The van der Waals surface area contributed by atoms with Crippen LogP contribution in [0, 0.1) is 11.8 Å². The van der Waals surface area contributed by atoms with Gasteiger partial charge in [0.25, 0.3) is 0 Å². The van der Waals surface area contributed by atoms with Crippen molar-refractivity contribution in [2.45, 2.75) is 6.61 Å². The Morgan fingerprint density at radius 1 is 1.40 bits per heavy atom. The second-order valence-electron chi connectivity index (χ2n) is 1.73. The zero-order chi connectivity index (χ0) is 7.56. The molecule has 0 unspecified atom stereocenters. The quantitative estimate of drug-likeness (QED) is 0.594. The van der Waals surface area contributed by atoms with E-state index in [1.807, 2.05) is 0 Å². The van der Waals surface area contributed by atoms with Crippen molar-refractivity contribution in [3.63, 3.8) is 0 Å². The van der Waals surface area contributed by atoms with Crippen LogP contribution >= 0.6 is 0 Å². The van der Waals surface area contributed by atoms with Gasteiger partial charge in [0, 0.05) is 0 Å². The van der Waals surface area contributed by atoms with Gasteiger partial charge in [-0.2, -0.15) is 4.39 Å². The second kappa shape index (κ2) is 2.70. The Labute approximate surface area is 56.1 Å². The molecule has 0 atom stereocenters. The van der Waals surface area contributed by atoms with E-state index in [1.54, 1.807) is 0 Å². The largest absolute Gasteiger partial charge is 0.390 e. The zero-order valence-electron chi connectivity index (χ0n) is 5.01. The summed E-state index contributed by atoms with van der Waals surface area (Å²) in [5.41, 5.74) is 0.124. The number of hydrogen-bond donors (Lipinski definition) is 1. The maximum absolute atomic E-state index is 12.2. The molecule has 0 amide bonds. The molecule has 1 heterocycles. The Kier molecular flexibility index (Phi) is 1.91. The summed E-state index contributed by atoms with van der Waals surface area (Å²) in [7, 11) is 0. The van der Waals surface area contributed by atoms with E-state index in [-0.39, 0.29) is 12.3 Å². The predicted molar refractivity (Wildman–Crippen MR) is 30.1 cm³/mol. The molecular weight excluding hydrogens is 140 g/mol. The van der Waals surface area contributed by atoms with Gasteiger partial charge in [-0.15, -0.1) is 0 Å². The van der Waals surface area contributed by atoms with Gasteiger partial charge in [-0.1, -0.05) is 0 Å². The van der Waals surface area contributed by atoms with Crippen molar-refractivity contribution in [3.05, 3.63) is 29.6 Å². The van der Waals surface area contributed by atoms with E-state index in [0.29, 0.717) is 0 Å². The molecule has 0 aliphatic rings. The molecule has 0 aliphatic carbocycles. The van der Waals surface area contributed by atoms with Crippen molar-refractivity contribution in [3.8, 4) is 0 Å². The van der Waals surface area contributed by atoms with Gasteiger partial charge in [0.15, 0.2) is 5.82 Å². The Bertz CT molecular complexity index is 239. The molecule has 1 N–H and O–H groups in total. The lowest BCUT2D eigenvalue weighted by Gasteiger charge is -1.94. The molecule has 0 saturated carbocycles. The third-order valence-electron chi connectivity index (χ3n) is 1.02. The summed E-state index contributed by atoms with van der Waals surface area (Å²) in [5, 5.41) is 8.40. The van der Waals surface area contributed by atoms with Crippen molar-refractivity contribution in [1.29, 1.82) is 0 Å². The summed E-state index contributed by atoms with van der Waals surface area (Å²) in [6.45, 7) is -0.378. The van der Waals surface area contributed by atoms with E-state index in [4.69, 9.17) is 5.11 Å². The minimum Gasteiger partial charge on any atom is -0.390 e. The van der Waals surface area contributed by atoms with Gasteiger partial charge in [-0.05, 0) is 12.1 Å². The van der Waals surface area contributed by atoms with E-state index >= 15 is 0 Å². The maximum atomic E-state index is 12.2. The van der Waals surface area contributed by atoms with Gasteiger partial charge in [0.2, 0.25) is 5.95 Å². The van der Waals surface area contributed by atoms with Crippen LogP contribution in [0.25, 0.3) is 0 Å². The first-order chi connectivity index (χ1) is 4.74. The number of rotatable bonds is 1. The minimum absolute atomic E-state index is 0.124. The van der Waals surface area contributed by atoms with Gasteiger partial charge in [0.05, 0.1) is 12.3 Å². The van der Waals surface area contributed by atoms with Crippen LogP contribution in [0.2, 0.25) is 0 Å². The predicted octanol–water partition coefficient (Wildman–Crippen LogP) is 0.852. The Morgan fingerprint density at radius 2 is 2.10 bits per heavy atom. The lowest BCUT2D eigenvalue weighted by atomic mass is 10.3. The number of hydrogen-bond acceptors (Lipinski definition) is 2. The van der Waals surface area contributed by atoms with Gasteiger partial charge in [-0.3, -0.25) is 0 Å². The van der Waals surface area contributed by atoms with E-state index in [9.17, 15) is 8.78 Å². The van der Waals surface area contributed by atoms with Gasteiger partial charge in [0.1, 0.15) is 0 Å². The molecule has 4 heteroatoms. The molecule has 1 rings (SSSR count). The number of aromatic nitrogens is 1. The summed E-state index contributed by atoms with van der Waals surface area (Å²) >= 11 is 0. The molecule has 0 fully saturated rings. The molecule has 2 nitrogen and oxygen atoms in total. The highest BCUT2D eigenvalue weighted by Gasteiger charge is 2.01. The van der Waals surface area contributed by atoms with Crippen LogP contribution in [-0.4, -0.2) is 10.1 Å². The number of halogens is 2. The Balaban J connectivity index is 3.04. The Hall–Kier alpha value is -1.03. The van der Waals surface area contributed by atoms with Crippen LogP contribution in [0.3, 0.4) is 0 Å². The minimum atomic E-state index is -1.17. The topological polar surface area (TPSA) is 33.1 Å². The number of nitrogens with zero attached hydrogens (tertiary/aromatic N) is 1. The van der Waals surface area contributed by atoms with E-state index < -0.39 is 11.8 Å². The van der Waals surface area contributed by atoms with Crippen LogP contribution in [0.4, 0.5) is 8.78 Å². The summed E-state index contributed by atoms with van der Waals surface area (Å²) in [5.74, 6) is -2.18. The third kappa shape index (κ3) is 1.27. The first-order valence-corrected chi connectivity index (χ1v) is 2.66. The van der Waals surface area contributed by atoms with Crippen molar-refractivity contribution >= 4 is 0 Å². The molecule has 1 aromatic rings. The van der Waals surface area contributed by atoms with E-state index in [2.05, 4.69) is 4.98 Å². The van der Waals surface area contributed by atoms with E-state index in [1.165, 1.54) is 6.07 Å². The maximum Gasteiger partial charge on any atom is 0.249 e. The van der Waals surface area contributed by atoms with Crippen molar-refractivity contribution in [2.75, 3.05) is 0 Å². The average molecular weight is 145 g/mol. The number of aliphatic hydroxyl groups is 1. The molecule has 0 aliphatic heterocycles. The fraction of sp³-hybridized carbons (Fsp3) is 0.167. The molecule has 0 aromatic carbocycles. The SMILES string of the molecule is OCc1ccc(F)c(F)n1. The van der Waals surface area contributed by atoms with Gasteiger partial charge >= 0.3 is 0 Å². The fourth-order valence-electron chi connectivity index (χ4n) is 0.543. The second-order valence-corrected chi connectivity index (χ2v) is 1.73. The van der Waals surface area contributed by atoms with Crippen LogP contribution in [-0.2, 0) is 6.61 Å². The van der Waals surface area contributed by atoms with Crippen molar-refractivity contribution in [2.24, 2.45) is 0 Å². The molecule has 0 saturated heterocycles. The van der Waals surface area contributed by atoms with Crippen LogP contribution < -0.4 is 0 Å². The monoisotopic (exact) mass is 145 g/mol. The molecule has 1 aromatic heterocycles. The van der Waals surface area contributed by atoms with Crippen LogP contribution in [0.15, 0.2) is 12.1 Å². The third-order valence-corrected chi connectivity index (χ3v) is 1.02. The fourth-order valence-corrected chi connectivity index (χ4v) is 0.543. The zero-order valence-corrected chi connectivity index (χ0v) is 5.01. The smallest absolute Gasteiger partial charge is 0.249 e. The van der Waals surface area contributed by atoms with Gasteiger partial charge in [-0.25, -0.2) is 9.37 Å². The summed E-state index contributed by atoms with van der Waals surface area (Å²) in [6, 6.07) is 2.15. The molecular formula is C6H5F2NO. The molecule has 54 valence electrons. The molecule has 0 spiro atoms. The summed E-state index contributed by atoms with van der Waals surface area (Å²) in [6.07, 6.45) is 0. The van der Waals surface area contributed by atoms with Crippen molar-refractivity contribution < 1.29 is 13.9 Å². The van der Waals surface area contributed by atoms with Crippen LogP contribution in [0.1, 0.15) is 5.69 Å². The standard InChI is InChI=1S/C6H5F2NO/c7-5-2-1-4(3-10)9-6(5)8/h1-2,10H,3H2. The average Bonchev–Trinajstić information content (AvgIpc) is 1.95. The highest BCUT2D eigenvalue weighted by molar-refractivity contribution is 5.05. The molecule has 0 radical (unpaired) electrons. The molecule has 10 heavy (non-hydrogen) atoms. The Morgan fingerprint density at radius 3 is 2.60 bits per heavy atom. The lowest BCUT2D eigenvalue weighted by Crippen LogP contribution is -1.94. The van der Waals surface area contributed by atoms with E-state index in [0.717, 1.165) is 6.07 Å². The number of pyridine rings is 1. The normalized spacial score (nSPS) is 9.90. The summed E-state index contributed by atoms with van der Waals surface area (Å²) in [4.78, 5) is 3.10. The van der Waals surface area contributed by atoms with Crippen molar-refractivity contribution in [1.82, 2.24) is 4.98 Å². The van der Waals surface area contributed by atoms with Crippen LogP contribution in [0.5, 0.6) is 0 Å². The first kappa shape index (κ1) is 7.08. The summed E-state index contributed by atoms with van der Waals surface area (Å²) < 4.78 is 24.3. The first-order valence-electron chi connectivity index (χ1n) is 2.66. The lowest BCUT2D eigenvalue weighted by molar-refractivity contribution is 0.274. The van der Waals surface area contributed by atoms with Gasteiger partial charge < -0.3 is 5.11 Å². The number of aliphatic hydroxyl groups excluding tert-OH is 1.